The van der Waals surface area contributed by atoms with E-state index in [1.807, 2.05) is 24.3 Å². The Morgan fingerprint density at radius 1 is 1.14 bits per heavy atom. The van der Waals surface area contributed by atoms with E-state index in [0.29, 0.717) is 22.6 Å². The van der Waals surface area contributed by atoms with Crippen LogP contribution in [0.2, 0.25) is 0 Å². The second-order valence-corrected chi connectivity index (χ2v) is 4.57. The van der Waals surface area contributed by atoms with Crippen LogP contribution < -0.4 is 10.5 Å². The lowest BCUT2D eigenvalue weighted by molar-refractivity contribution is 0.415. The summed E-state index contributed by atoms with van der Waals surface area (Å²) in [5.41, 5.74) is 8.38. The van der Waals surface area contributed by atoms with E-state index in [2.05, 4.69) is 10.2 Å². The van der Waals surface area contributed by atoms with Crippen LogP contribution >= 0.6 is 0 Å². The van der Waals surface area contributed by atoms with Crippen molar-refractivity contribution in [1.82, 2.24) is 10.2 Å². The van der Waals surface area contributed by atoms with Crippen LogP contribution in [0.4, 0.5) is 10.2 Å². The predicted octanol–water partition coefficient (Wildman–Crippen LogP) is 3.47. The van der Waals surface area contributed by atoms with Crippen LogP contribution in [0, 0.1) is 5.82 Å². The molecule has 0 aliphatic rings. The molecule has 106 valence electrons. The Bertz CT molecular complexity index is 783. The van der Waals surface area contributed by atoms with Gasteiger partial charge >= 0.3 is 0 Å². The number of anilines is 1. The number of nitrogens with one attached hydrogen (secondary N) is 1. The van der Waals surface area contributed by atoms with E-state index in [4.69, 9.17) is 10.5 Å². The Hall–Kier alpha value is -2.82. The van der Waals surface area contributed by atoms with Crippen LogP contribution in [0.1, 0.15) is 0 Å². The molecule has 3 aromatic rings. The number of nitrogens with zero attached hydrogens (tertiary/aromatic N) is 1. The number of aromatic nitrogens is 2. The van der Waals surface area contributed by atoms with Crippen molar-refractivity contribution in [2.45, 2.75) is 0 Å². The molecule has 0 radical (unpaired) electrons. The molecule has 0 unspecified atom stereocenters. The first kappa shape index (κ1) is 13.2. The number of ether oxygens (including phenoxy) is 1. The van der Waals surface area contributed by atoms with Gasteiger partial charge in [-0.15, -0.1) is 0 Å². The van der Waals surface area contributed by atoms with Crippen molar-refractivity contribution >= 4 is 5.82 Å². The molecule has 0 bridgehead atoms. The molecule has 3 rings (SSSR count). The highest BCUT2D eigenvalue weighted by Gasteiger charge is 2.17. The van der Waals surface area contributed by atoms with Crippen molar-refractivity contribution in [2.75, 3.05) is 12.8 Å². The van der Waals surface area contributed by atoms with E-state index in [1.54, 1.807) is 25.3 Å². The molecule has 0 aliphatic heterocycles. The molecule has 0 spiro atoms. The molecular weight excluding hydrogens is 269 g/mol. The number of rotatable bonds is 3. The third-order valence-electron chi connectivity index (χ3n) is 3.30. The van der Waals surface area contributed by atoms with Crippen molar-refractivity contribution in [3.8, 4) is 28.1 Å². The summed E-state index contributed by atoms with van der Waals surface area (Å²) in [4.78, 5) is 0. The first-order valence-corrected chi connectivity index (χ1v) is 6.44. The number of aromatic amines is 1. The second-order valence-electron chi connectivity index (χ2n) is 4.57. The summed E-state index contributed by atoms with van der Waals surface area (Å²) in [5.74, 6) is 0.632. The van der Waals surface area contributed by atoms with Gasteiger partial charge in [-0.1, -0.05) is 30.3 Å². The third-order valence-corrected chi connectivity index (χ3v) is 3.30. The summed E-state index contributed by atoms with van der Waals surface area (Å²) in [6.45, 7) is 0. The number of hydrogen-bond donors (Lipinski definition) is 2. The van der Waals surface area contributed by atoms with Crippen LogP contribution in [0.5, 0.6) is 5.75 Å². The predicted molar refractivity (Wildman–Crippen MR) is 80.4 cm³/mol. The maximum Gasteiger partial charge on any atom is 0.153 e. The quantitative estimate of drug-likeness (QED) is 0.773. The van der Waals surface area contributed by atoms with Gasteiger partial charge in [-0.05, 0) is 18.2 Å². The van der Waals surface area contributed by atoms with Gasteiger partial charge < -0.3 is 10.5 Å². The highest BCUT2D eigenvalue weighted by atomic mass is 19.1. The van der Waals surface area contributed by atoms with Crippen molar-refractivity contribution in [1.29, 1.82) is 0 Å². The average Bonchev–Trinajstić information content (AvgIpc) is 2.89. The zero-order chi connectivity index (χ0) is 14.8. The van der Waals surface area contributed by atoms with E-state index in [-0.39, 0.29) is 11.6 Å². The largest absolute Gasteiger partial charge is 0.497 e. The van der Waals surface area contributed by atoms with Crippen molar-refractivity contribution in [2.24, 2.45) is 0 Å². The Morgan fingerprint density at radius 2 is 1.95 bits per heavy atom. The smallest absolute Gasteiger partial charge is 0.153 e. The first-order valence-electron chi connectivity index (χ1n) is 6.44. The van der Waals surface area contributed by atoms with Crippen LogP contribution in [0.3, 0.4) is 0 Å². The zero-order valence-electron chi connectivity index (χ0n) is 11.4. The minimum Gasteiger partial charge on any atom is -0.497 e. The summed E-state index contributed by atoms with van der Waals surface area (Å²) in [5, 5.41) is 6.88. The van der Waals surface area contributed by atoms with Crippen molar-refractivity contribution in [3.05, 3.63) is 54.3 Å². The molecule has 1 heterocycles. The lowest BCUT2D eigenvalue weighted by Crippen LogP contribution is -1.91. The maximum atomic E-state index is 14.1. The van der Waals surface area contributed by atoms with Crippen LogP contribution in [0.15, 0.2) is 48.5 Å². The summed E-state index contributed by atoms with van der Waals surface area (Å²) < 4.78 is 19.3. The van der Waals surface area contributed by atoms with Gasteiger partial charge in [-0.2, -0.15) is 5.10 Å². The molecule has 2 aromatic carbocycles. The molecule has 0 amide bonds. The number of H-pyrrole nitrogens is 1. The fourth-order valence-corrected chi connectivity index (χ4v) is 2.28. The monoisotopic (exact) mass is 283 g/mol. The molecular formula is C16H14FN3O. The average molecular weight is 283 g/mol. The Morgan fingerprint density at radius 3 is 2.71 bits per heavy atom. The minimum absolute atomic E-state index is 0.262. The Labute approximate surface area is 121 Å². The Balaban J connectivity index is 2.20. The molecule has 1 aromatic heterocycles. The van der Waals surface area contributed by atoms with Gasteiger partial charge in [-0.3, -0.25) is 5.10 Å². The third kappa shape index (κ3) is 2.33. The van der Waals surface area contributed by atoms with Gasteiger partial charge in [-0.25, -0.2) is 4.39 Å². The summed E-state index contributed by atoms with van der Waals surface area (Å²) in [6.07, 6.45) is 0. The van der Waals surface area contributed by atoms with Gasteiger partial charge in [0.05, 0.1) is 18.4 Å². The maximum absolute atomic E-state index is 14.1. The number of nitrogens with two attached hydrogens (primary N) is 1. The summed E-state index contributed by atoms with van der Waals surface area (Å²) in [6, 6.07) is 13.9. The number of halogens is 1. The molecule has 0 saturated heterocycles. The number of hydrogen-bond acceptors (Lipinski definition) is 3. The van der Waals surface area contributed by atoms with E-state index in [9.17, 15) is 4.39 Å². The topological polar surface area (TPSA) is 63.9 Å². The van der Waals surface area contributed by atoms with E-state index in [0.717, 1.165) is 5.56 Å². The van der Waals surface area contributed by atoms with Crippen LogP contribution in [-0.2, 0) is 0 Å². The van der Waals surface area contributed by atoms with Crippen molar-refractivity contribution in [3.63, 3.8) is 0 Å². The Kier molecular flexibility index (Phi) is 3.31. The lowest BCUT2D eigenvalue weighted by atomic mass is 10.0. The number of methoxy groups -OCH3 is 1. The first-order chi connectivity index (χ1) is 10.2. The standard InChI is InChI=1S/C16H14FN3O/c1-21-11-6-4-5-10(9-11)15-14(16(18)20-19-15)12-7-2-3-8-13(12)17/h2-9H,1H3,(H3,18,19,20). The molecule has 21 heavy (non-hydrogen) atoms. The second kappa shape index (κ2) is 5.28. The van der Waals surface area contributed by atoms with Crippen LogP contribution in [-0.4, -0.2) is 17.3 Å². The molecule has 0 aliphatic carbocycles. The van der Waals surface area contributed by atoms with Gasteiger partial charge in [0.15, 0.2) is 5.82 Å². The van der Waals surface area contributed by atoms with Crippen molar-refractivity contribution < 1.29 is 9.13 Å². The molecule has 4 nitrogen and oxygen atoms in total. The summed E-state index contributed by atoms with van der Waals surface area (Å²) >= 11 is 0. The lowest BCUT2D eigenvalue weighted by Gasteiger charge is -2.07. The molecule has 5 heteroatoms. The molecule has 0 saturated carbocycles. The van der Waals surface area contributed by atoms with E-state index >= 15 is 0 Å². The summed E-state index contributed by atoms with van der Waals surface area (Å²) in [7, 11) is 1.60. The normalized spacial score (nSPS) is 10.6. The fraction of sp³-hybridized carbons (Fsp3) is 0.0625. The molecule has 3 N–H and O–H groups in total. The number of benzene rings is 2. The van der Waals surface area contributed by atoms with Gasteiger partial charge in [0.1, 0.15) is 11.6 Å². The minimum atomic E-state index is -0.338. The fourth-order valence-electron chi connectivity index (χ4n) is 2.28. The van der Waals surface area contributed by atoms with Gasteiger partial charge in [0.25, 0.3) is 0 Å². The van der Waals surface area contributed by atoms with Gasteiger partial charge in [0.2, 0.25) is 0 Å². The SMILES string of the molecule is COc1cccc(-c2[nH]nc(N)c2-c2ccccc2F)c1. The number of nitrogen functional groups attached to an aromatic ring is 1. The van der Waals surface area contributed by atoms with Gasteiger partial charge in [0, 0.05) is 11.1 Å². The zero-order valence-corrected chi connectivity index (χ0v) is 11.4. The molecule has 0 atom stereocenters. The highest BCUT2D eigenvalue weighted by molar-refractivity contribution is 5.88. The van der Waals surface area contributed by atoms with E-state index in [1.165, 1.54) is 6.07 Å². The van der Waals surface area contributed by atoms with E-state index < -0.39 is 0 Å². The van der Waals surface area contributed by atoms with Crippen LogP contribution in [0.25, 0.3) is 22.4 Å². The molecule has 0 fully saturated rings. The highest BCUT2D eigenvalue weighted by Crippen LogP contribution is 2.36.